The Morgan fingerprint density at radius 3 is 1.59 bits per heavy atom. The van der Waals surface area contributed by atoms with E-state index in [-0.39, 0.29) is 22.8 Å². The SMILES string of the molecule is Cc1ccc(-c2cc(C(F)(F)F)cc(C(F)(F)F)c2)cc1F. The van der Waals surface area contributed by atoms with Crippen molar-refractivity contribution in [1.29, 1.82) is 0 Å². The van der Waals surface area contributed by atoms with Crippen molar-refractivity contribution in [2.45, 2.75) is 19.3 Å². The van der Waals surface area contributed by atoms with Gasteiger partial charge in [-0.3, -0.25) is 0 Å². The average molecular weight is 322 g/mol. The standard InChI is InChI=1S/C15H9F7/c1-8-2-3-9(6-13(8)16)10-4-11(14(17,18)19)7-12(5-10)15(20,21)22/h2-7H,1H3. The maximum Gasteiger partial charge on any atom is 0.416 e. The van der Waals surface area contributed by atoms with E-state index >= 15 is 0 Å². The van der Waals surface area contributed by atoms with E-state index in [0.717, 1.165) is 6.07 Å². The first kappa shape index (κ1) is 16.3. The summed E-state index contributed by atoms with van der Waals surface area (Å²) in [6.07, 6.45) is -9.86. The summed E-state index contributed by atoms with van der Waals surface area (Å²) in [5.41, 5.74) is -3.02. The molecule has 2 aromatic carbocycles. The quantitative estimate of drug-likeness (QED) is 0.579. The van der Waals surface area contributed by atoms with E-state index in [2.05, 4.69) is 0 Å². The van der Waals surface area contributed by atoms with Crippen molar-refractivity contribution in [3.63, 3.8) is 0 Å². The Morgan fingerprint density at radius 2 is 1.18 bits per heavy atom. The van der Waals surface area contributed by atoms with Gasteiger partial charge in [-0.15, -0.1) is 0 Å². The molecule has 0 aliphatic rings. The van der Waals surface area contributed by atoms with Crippen molar-refractivity contribution in [3.8, 4) is 11.1 Å². The van der Waals surface area contributed by atoms with Crippen LogP contribution in [-0.2, 0) is 12.4 Å². The Bertz CT molecular complexity index is 664. The van der Waals surface area contributed by atoms with Gasteiger partial charge in [-0.05, 0) is 47.9 Å². The molecule has 0 amide bonds. The van der Waals surface area contributed by atoms with Gasteiger partial charge in [0.25, 0.3) is 0 Å². The molecule has 0 fully saturated rings. The lowest BCUT2D eigenvalue weighted by Gasteiger charge is -2.14. The Balaban J connectivity index is 2.67. The summed E-state index contributed by atoms with van der Waals surface area (Å²) < 4.78 is 90.0. The molecular formula is C15H9F7. The minimum atomic E-state index is -4.93. The first-order chi connectivity index (χ1) is 9.98. The van der Waals surface area contributed by atoms with Gasteiger partial charge in [0.05, 0.1) is 11.1 Å². The minimum absolute atomic E-state index is 0.0358. The van der Waals surface area contributed by atoms with Gasteiger partial charge in [0, 0.05) is 0 Å². The summed E-state index contributed by atoms with van der Waals surface area (Å²) in [4.78, 5) is 0. The highest BCUT2D eigenvalue weighted by Gasteiger charge is 2.37. The van der Waals surface area contributed by atoms with Crippen molar-refractivity contribution in [1.82, 2.24) is 0 Å². The molecule has 0 N–H and O–H groups in total. The molecule has 0 saturated carbocycles. The van der Waals surface area contributed by atoms with Crippen LogP contribution in [0, 0.1) is 12.7 Å². The van der Waals surface area contributed by atoms with Gasteiger partial charge in [-0.2, -0.15) is 26.3 Å². The number of alkyl halides is 6. The van der Waals surface area contributed by atoms with E-state index in [1.54, 1.807) is 0 Å². The van der Waals surface area contributed by atoms with Gasteiger partial charge in [0.2, 0.25) is 0 Å². The zero-order valence-corrected chi connectivity index (χ0v) is 11.1. The minimum Gasteiger partial charge on any atom is -0.207 e. The summed E-state index contributed by atoms with van der Waals surface area (Å²) in [7, 11) is 0. The molecule has 7 heteroatoms. The third-order valence-electron chi connectivity index (χ3n) is 3.09. The second-order valence-corrected chi connectivity index (χ2v) is 4.76. The number of hydrogen-bond acceptors (Lipinski definition) is 0. The van der Waals surface area contributed by atoms with Gasteiger partial charge in [-0.25, -0.2) is 4.39 Å². The maximum atomic E-state index is 13.5. The van der Waals surface area contributed by atoms with E-state index in [0.29, 0.717) is 12.1 Å². The van der Waals surface area contributed by atoms with Crippen molar-refractivity contribution in [3.05, 3.63) is 58.9 Å². The number of hydrogen-bond donors (Lipinski definition) is 0. The normalized spacial score (nSPS) is 12.5. The van der Waals surface area contributed by atoms with Crippen LogP contribution in [0.15, 0.2) is 36.4 Å². The molecule has 0 saturated heterocycles. The van der Waals surface area contributed by atoms with Crippen LogP contribution in [0.4, 0.5) is 30.7 Å². The Hall–Kier alpha value is -2.05. The highest BCUT2D eigenvalue weighted by Crippen LogP contribution is 2.38. The molecule has 0 radical (unpaired) electrons. The van der Waals surface area contributed by atoms with E-state index in [9.17, 15) is 30.7 Å². The fourth-order valence-electron chi connectivity index (χ4n) is 1.89. The molecule has 0 atom stereocenters. The Kier molecular flexibility index (Phi) is 3.93. The Labute approximate surface area is 121 Å². The summed E-state index contributed by atoms with van der Waals surface area (Å²) >= 11 is 0. The van der Waals surface area contributed by atoms with Gasteiger partial charge in [0.15, 0.2) is 0 Å². The van der Waals surface area contributed by atoms with Crippen molar-refractivity contribution in [2.24, 2.45) is 0 Å². The number of benzene rings is 2. The number of aryl methyl sites for hydroxylation is 1. The van der Waals surface area contributed by atoms with Gasteiger partial charge < -0.3 is 0 Å². The molecule has 0 unspecified atom stereocenters. The van der Waals surface area contributed by atoms with E-state index in [4.69, 9.17) is 0 Å². The number of rotatable bonds is 1. The molecule has 2 rings (SSSR count). The van der Waals surface area contributed by atoms with E-state index in [1.807, 2.05) is 0 Å². The molecule has 0 heterocycles. The average Bonchev–Trinajstić information content (AvgIpc) is 2.39. The first-order valence-electron chi connectivity index (χ1n) is 6.04. The van der Waals surface area contributed by atoms with Crippen molar-refractivity contribution < 1.29 is 30.7 Å². The predicted molar refractivity (Wildman–Crippen MR) is 66.6 cm³/mol. The summed E-state index contributed by atoms with van der Waals surface area (Å²) in [5.74, 6) is -0.705. The van der Waals surface area contributed by atoms with Crippen LogP contribution in [-0.4, -0.2) is 0 Å². The molecule has 2 aromatic rings. The largest absolute Gasteiger partial charge is 0.416 e. The first-order valence-corrected chi connectivity index (χ1v) is 6.04. The van der Waals surface area contributed by atoms with Gasteiger partial charge >= 0.3 is 12.4 Å². The maximum absolute atomic E-state index is 13.5. The molecule has 0 aromatic heterocycles. The van der Waals surface area contributed by atoms with Crippen LogP contribution in [0.1, 0.15) is 16.7 Å². The van der Waals surface area contributed by atoms with Gasteiger partial charge in [0.1, 0.15) is 5.82 Å². The lowest BCUT2D eigenvalue weighted by molar-refractivity contribution is -0.143. The monoisotopic (exact) mass is 322 g/mol. The molecule has 0 aliphatic heterocycles. The van der Waals surface area contributed by atoms with Crippen LogP contribution in [0.5, 0.6) is 0 Å². The molecule has 0 spiro atoms. The second-order valence-electron chi connectivity index (χ2n) is 4.76. The zero-order chi connectivity index (χ0) is 16.7. The van der Waals surface area contributed by atoms with Crippen LogP contribution < -0.4 is 0 Å². The topological polar surface area (TPSA) is 0 Å². The van der Waals surface area contributed by atoms with Crippen LogP contribution >= 0.6 is 0 Å². The van der Waals surface area contributed by atoms with E-state index in [1.165, 1.54) is 19.1 Å². The third kappa shape index (κ3) is 3.40. The molecule has 118 valence electrons. The molecule has 0 nitrogen and oxygen atoms in total. The molecule has 22 heavy (non-hydrogen) atoms. The number of halogens is 7. The predicted octanol–water partition coefficient (Wildman–Crippen LogP) is 5.84. The van der Waals surface area contributed by atoms with Crippen LogP contribution in [0.2, 0.25) is 0 Å². The Morgan fingerprint density at radius 1 is 0.682 bits per heavy atom. The summed E-state index contributed by atoms with van der Waals surface area (Å²) in [5, 5.41) is 0. The fourth-order valence-corrected chi connectivity index (χ4v) is 1.89. The van der Waals surface area contributed by atoms with Crippen molar-refractivity contribution >= 4 is 0 Å². The summed E-state index contributed by atoms with van der Waals surface area (Å²) in [6.45, 7) is 1.44. The molecule has 0 aliphatic carbocycles. The molecular weight excluding hydrogens is 313 g/mol. The van der Waals surface area contributed by atoms with E-state index < -0.39 is 29.3 Å². The molecule has 0 bridgehead atoms. The second kappa shape index (κ2) is 5.30. The highest BCUT2D eigenvalue weighted by molar-refractivity contribution is 5.66. The highest BCUT2D eigenvalue weighted by atomic mass is 19.4. The van der Waals surface area contributed by atoms with Crippen LogP contribution in [0.3, 0.4) is 0 Å². The third-order valence-corrected chi connectivity index (χ3v) is 3.09. The summed E-state index contributed by atoms with van der Waals surface area (Å²) in [6, 6.07) is 4.64. The van der Waals surface area contributed by atoms with Gasteiger partial charge in [-0.1, -0.05) is 12.1 Å². The fraction of sp³-hybridized carbons (Fsp3) is 0.200. The van der Waals surface area contributed by atoms with Crippen LogP contribution in [0.25, 0.3) is 11.1 Å². The smallest absolute Gasteiger partial charge is 0.207 e. The van der Waals surface area contributed by atoms with Crippen molar-refractivity contribution in [2.75, 3.05) is 0 Å². The lowest BCUT2D eigenvalue weighted by atomic mass is 9.98. The zero-order valence-electron chi connectivity index (χ0n) is 11.1. The lowest BCUT2D eigenvalue weighted by Crippen LogP contribution is -2.11.